The lowest BCUT2D eigenvalue weighted by atomic mass is 10.2. The minimum absolute atomic E-state index is 0.0533. The molecule has 3 N–H and O–H groups in total. The van der Waals surface area contributed by atoms with Crippen LogP contribution in [-0.2, 0) is 11.0 Å². The predicted octanol–water partition coefficient (Wildman–Crippen LogP) is 3.34. The third-order valence-corrected chi connectivity index (χ3v) is 2.87. The number of rotatable bonds is 4. The fourth-order valence-corrected chi connectivity index (χ4v) is 1.68. The topological polar surface area (TPSA) is 78.4 Å². The van der Waals surface area contributed by atoms with Crippen LogP contribution in [0.15, 0.2) is 18.2 Å². The number of anilines is 1. The molecule has 0 aliphatic carbocycles. The molecule has 0 aromatic heterocycles. The summed E-state index contributed by atoms with van der Waals surface area (Å²) >= 11 is 5.65. The Morgan fingerprint density at radius 3 is 2.43 bits per heavy atom. The number of nitrogens with one attached hydrogen (secondary N) is 2. The molecule has 0 unspecified atom stereocenters. The van der Waals surface area contributed by atoms with Gasteiger partial charge in [-0.2, -0.15) is 13.2 Å². The lowest BCUT2D eigenvalue weighted by Gasteiger charge is -2.14. The van der Waals surface area contributed by atoms with Gasteiger partial charge in [-0.15, -0.1) is 0 Å². The van der Waals surface area contributed by atoms with Crippen molar-refractivity contribution in [2.75, 3.05) is 5.32 Å². The maximum atomic E-state index is 12.4. The summed E-state index contributed by atoms with van der Waals surface area (Å²) in [6.07, 6.45) is -4.38. The Morgan fingerprint density at radius 2 is 2.00 bits per heavy atom. The molecule has 0 fully saturated rings. The van der Waals surface area contributed by atoms with Crippen molar-refractivity contribution in [3.63, 3.8) is 0 Å². The van der Waals surface area contributed by atoms with Gasteiger partial charge in [0, 0.05) is 0 Å². The van der Waals surface area contributed by atoms with Crippen molar-refractivity contribution < 1.29 is 27.9 Å². The number of alkyl halides is 3. The number of halogens is 4. The summed E-state index contributed by atoms with van der Waals surface area (Å²) in [7, 11) is 0. The van der Waals surface area contributed by atoms with Gasteiger partial charge in [-0.3, -0.25) is 0 Å². The molecule has 5 nitrogen and oxygen atoms in total. The van der Waals surface area contributed by atoms with E-state index >= 15 is 0 Å². The number of carboxylic acids is 1. The van der Waals surface area contributed by atoms with Gasteiger partial charge in [-0.05, 0) is 24.6 Å². The van der Waals surface area contributed by atoms with Gasteiger partial charge in [0.15, 0.2) is 0 Å². The zero-order valence-corrected chi connectivity index (χ0v) is 11.5. The molecule has 0 heterocycles. The largest absolute Gasteiger partial charge is 0.480 e. The molecule has 0 saturated carbocycles. The fraction of sp³-hybridized carbons (Fsp3) is 0.333. The van der Waals surface area contributed by atoms with Gasteiger partial charge in [0.05, 0.1) is 16.3 Å². The Labute approximate surface area is 123 Å². The van der Waals surface area contributed by atoms with Crippen molar-refractivity contribution in [1.29, 1.82) is 0 Å². The van der Waals surface area contributed by atoms with Gasteiger partial charge in [-0.1, -0.05) is 18.5 Å². The van der Waals surface area contributed by atoms with Crippen LogP contribution in [0.1, 0.15) is 18.9 Å². The number of aliphatic carboxylic acids is 1. The third-order valence-electron chi connectivity index (χ3n) is 2.56. The van der Waals surface area contributed by atoms with E-state index < -0.39 is 29.8 Å². The van der Waals surface area contributed by atoms with E-state index in [-0.39, 0.29) is 17.1 Å². The first-order valence-electron chi connectivity index (χ1n) is 5.82. The fourth-order valence-electron chi connectivity index (χ4n) is 1.45. The normalized spacial score (nSPS) is 12.6. The van der Waals surface area contributed by atoms with Crippen LogP contribution in [0.4, 0.5) is 23.7 Å². The summed E-state index contributed by atoms with van der Waals surface area (Å²) in [6, 6.07) is 0.456. The molecule has 0 aliphatic rings. The lowest BCUT2D eigenvalue weighted by molar-refractivity contribution is -0.139. The van der Waals surface area contributed by atoms with Gasteiger partial charge >= 0.3 is 18.2 Å². The second-order valence-corrected chi connectivity index (χ2v) is 4.50. The molecule has 9 heteroatoms. The molecule has 0 aliphatic heterocycles. The van der Waals surface area contributed by atoms with E-state index in [9.17, 15) is 22.8 Å². The van der Waals surface area contributed by atoms with Crippen molar-refractivity contribution in [3.05, 3.63) is 28.8 Å². The molecular weight excluding hydrogens is 313 g/mol. The number of carbonyl (C=O) groups is 2. The van der Waals surface area contributed by atoms with E-state index in [2.05, 4.69) is 10.6 Å². The molecule has 1 aromatic rings. The quantitative estimate of drug-likeness (QED) is 0.794. The molecule has 1 atom stereocenters. The number of amides is 2. The second kappa shape index (κ2) is 6.66. The van der Waals surface area contributed by atoms with Crippen molar-refractivity contribution in [3.8, 4) is 0 Å². The zero-order valence-electron chi connectivity index (χ0n) is 10.8. The Kier molecular flexibility index (Phi) is 5.42. The smallest absolute Gasteiger partial charge is 0.416 e. The van der Waals surface area contributed by atoms with Crippen LogP contribution in [0.3, 0.4) is 0 Å². The van der Waals surface area contributed by atoms with Gasteiger partial charge in [-0.25, -0.2) is 9.59 Å². The Balaban J connectivity index is 2.80. The van der Waals surface area contributed by atoms with Crippen LogP contribution < -0.4 is 10.6 Å². The van der Waals surface area contributed by atoms with Gasteiger partial charge < -0.3 is 15.7 Å². The van der Waals surface area contributed by atoms with Gasteiger partial charge in [0.1, 0.15) is 6.04 Å². The van der Waals surface area contributed by atoms with Crippen molar-refractivity contribution >= 4 is 29.3 Å². The minimum atomic E-state index is -4.54. The van der Waals surface area contributed by atoms with E-state index in [1.165, 1.54) is 0 Å². The summed E-state index contributed by atoms with van der Waals surface area (Å²) in [6.45, 7) is 1.56. The monoisotopic (exact) mass is 324 g/mol. The van der Waals surface area contributed by atoms with Crippen LogP contribution in [0.25, 0.3) is 0 Å². The number of urea groups is 1. The molecule has 0 saturated heterocycles. The highest BCUT2D eigenvalue weighted by molar-refractivity contribution is 6.33. The van der Waals surface area contributed by atoms with E-state index in [1.54, 1.807) is 6.92 Å². The third kappa shape index (κ3) is 4.82. The highest BCUT2D eigenvalue weighted by atomic mass is 35.5. The van der Waals surface area contributed by atoms with Crippen LogP contribution in [0.2, 0.25) is 5.02 Å². The summed E-state index contributed by atoms with van der Waals surface area (Å²) in [5.74, 6) is -1.22. The average molecular weight is 325 g/mol. The molecular formula is C12H12ClF3N2O3. The second-order valence-electron chi connectivity index (χ2n) is 4.09. The van der Waals surface area contributed by atoms with Gasteiger partial charge in [0.2, 0.25) is 0 Å². The highest BCUT2D eigenvalue weighted by Crippen LogP contribution is 2.33. The minimum Gasteiger partial charge on any atom is -0.480 e. The molecule has 21 heavy (non-hydrogen) atoms. The molecule has 0 spiro atoms. The zero-order chi connectivity index (χ0) is 16.2. The molecule has 1 rings (SSSR count). The van der Waals surface area contributed by atoms with Crippen molar-refractivity contribution in [2.24, 2.45) is 0 Å². The first kappa shape index (κ1) is 17.1. The number of hydrogen-bond donors (Lipinski definition) is 3. The predicted molar refractivity (Wildman–Crippen MR) is 70.3 cm³/mol. The van der Waals surface area contributed by atoms with Gasteiger partial charge in [0.25, 0.3) is 0 Å². The standard InChI is InChI=1S/C12H12ClF3N2O3/c1-2-8(10(19)20)17-11(21)18-9-4-3-6(5-7(9)13)12(14,15)16/h3-5,8H,2H2,1H3,(H,19,20)(H2,17,18,21)/t8-/m1/s1. The Bertz CT molecular complexity index is 549. The molecule has 0 radical (unpaired) electrons. The summed E-state index contributed by atoms with van der Waals surface area (Å²) < 4.78 is 37.3. The van der Waals surface area contributed by atoms with Crippen LogP contribution in [0, 0.1) is 0 Å². The van der Waals surface area contributed by atoms with Crippen LogP contribution in [-0.4, -0.2) is 23.1 Å². The van der Waals surface area contributed by atoms with Crippen LogP contribution >= 0.6 is 11.6 Å². The molecule has 1 aromatic carbocycles. The van der Waals surface area contributed by atoms with E-state index in [0.717, 1.165) is 12.1 Å². The highest BCUT2D eigenvalue weighted by Gasteiger charge is 2.31. The maximum Gasteiger partial charge on any atom is 0.416 e. The van der Waals surface area contributed by atoms with E-state index in [0.29, 0.717) is 6.07 Å². The Hall–Kier alpha value is -1.96. The number of hydrogen-bond acceptors (Lipinski definition) is 2. The number of carbonyl (C=O) groups excluding carboxylic acids is 1. The van der Waals surface area contributed by atoms with Crippen LogP contribution in [0.5, 0.6) is 0 Å². The number of carboxylic acid groups (broad SMARTS) is 1. The molecule has 0 bridgehead atoms. The number of benzene rings is 1. The maximum absolute atomic E-state index is 12.4. The van der Waals surface area contributed by atoms with E-state index in [4.69, 9.17) is 16.7 Å². The summed E-state index contributed by atoms with van der Waals surface area (Å²) in [5.41, 5.74) is -1.00. The lowest BCUT2D eigenvalue weighted by Crippen LogP contribution is -2.42. The van der Waals surface area contributed by atoms with Crippen molar-refractivity contribution in [1.82, 2.24) is 5.32 Å². The summed E-state index contributed by atoms with van der Waals surface area (Å²) in [4.78, 5) is 22.3. The SMILES string of the molecule is CC[C@@H](NC(=O)Nc1ccc(C(F)(F)F)cc1Cl)C(=O)O. The molecule has 116 valence electrons. The first-order chi connectivity index (χ1) is 9.65. The van der Waals surface area contributed by atoms with E-state index in [1.807, 2.05) is 0 Å². The molecule has 2 amide bonds. The Morgan fingerprint density at radius 1 is 1.38 bits per heavy atom. The average Bonchev–Trinajstić information content (AvgIpc) is 2.36. The van der Waals surface area contributed by atoms with Crippen molar-refractivity contribution in [2.45, 2.75) is 25.6 Å². The first-order valence-corrected chi connectivity index (χ1v) is 6.20. The summed E-state index contributed by atoms with van der Waals surface area (Å²) in [5, 5.41) is 12.8.